The maximum absolute atomic E-state index is 5.93. The van der Waals surface area contributed by atoms with Gasteiger partial charge in [0.05, 0.1) is 10.5 Å². The fourth-order valence-corrected chi connectivity index (χ4v) is 1.85. The van der Waals surface area contributed by atoms with Gasteiger partial charge in [0, 0.05) is 16.7 Å². The Morgan fingerprint density at radius 1 is 1.50 bits per heavy atom. The summed E-state index contributed by atoms with van der Waals surface area (Å²) < 4.78 is 2.52. The summed E-state index contributed by atoms with van der Waals surface area (Å²) in [5.41, 5.74) is 6.32. The highest BCUT2D eigenvalue weighted by Crippen LogP contribution is 2.23. The fraction of sp³-hybridized carbons (Fsp3) is 0. The van der Waals surface area contributed by atoms with Crippen molar-refractivity contribution in [2.24, 2.45) is 0 Å². The highest BCUT2D eigenvalue weighted by atomic mass is 79.9. The van der Waals surface area contributed by atoms with Gasteiger partial charge in [0.2, 0.25) is 0 Å². The molecule has 0 fully saturated rings. The van der Waals surface area contributed by atoms with E-state index in [2.05, 4.69) is 21.0 Å². The first kappa shape index (κ1) is 7.89. The molecule has 0 atom stereocenters. The van der Waals surface area contributed by atoms with E-state index in [0.717, 1.165) is 9.99 Å². The summed E-state index contributed by atoms with van der Waals surface area (Å²) >= 11 is 9.24. The molecule has 0 aliphatic heterocycles. The van der Waals surface area contributed by atoms with Gasteiger partial charge in [-0.25, -0.2) is 4.52 Å². The fourth-order valence-electron chi connectivity index (χ4n) is 1.04. The number of nitrogen functional groups attached to an aromatic ring is 1. The van der Waals surface area contributed by atoms with E-state index < -0.39 is 0 Å². The van der Waals surface area contributed by atoms with Gasteiger partial charge in [0.1, 0.15) is 5.82 Å². The van der Waals surface area contributed by atoms with Crippen molar-refractivity contribution in [1.29, 1.82) is 0 Å². The Balaban J connectivity index is 2.88. The van der Waals surface area contributed by atoms with E-state index in [1.807, 2.05) is 0 Å². The second-order valence-corrected chi connectivity index (χ2v) is 3.73. The van der Waals surface area contributed by atoms with Crippen molar-refractivity contribution in [3.63, 3.8) is 0 Å². The Kier molecular flexibility index (Phi) is 1.73. The number of aromatic nitrogens is 2. The molecule has 2 rings (SSSR count). The normalized spacial score (nSPS) is 10.8. The molecule has 0 spiro atoms. The third kappa shape index (κ3) is 1.17. The lowest BCUT2D eigenvalue weighted by Gasteiger charge is -1.95. The van der Waals surface area contributed by atoms with Crippen LogP contribution in [0.15, 0.2) is 22.8 Å². The highest BCUT2D eigenvalue weighted by molar-refractivity contribution is 9.10. The smallest absolute Gasteiger partial charge is 0.146 e. The predicted molar refractivity (Wildman–Crippen MR) is 52.3 cm³/mol. The van der Waals surface area contributed by atoms with Crippen molar-refractivity contribution in [2.45, 2.75) is 0 Å². The molecule has 2 N–H and O–H groups in total. The maximum atomic E-state index is 5.93. The Labute approximate surface area is 82.2 Å². The zero-order valence-corrected chi connectivity index (χ0v) is 8.30. The third-order valence-corrected chi connectivity index (χ3v) is 2.25. The van der Waals surface area contributed by atoms with Crippen molar-refractivity contribution < 1.29 is 0 Å². The van der Waals surface area contributed by atoms with Gasteiger partial charge in [-0.2, -0.15) is 5.10 Å². The second-order valence-electron chi connectivity index (χ2n) is 2.41. The molecule has 3 nitrogen and oxygen atoms in total. The topological polar surface area (TPSA) is 43.3 Å². The standard InChI is InChI=1S/C7H5BrClN3/c8-4-1-5(9)6-2-7(10)11-12(6)3-4/h1-3H,(H2,10,11). The van der Waals surface area contributed by atoms with Gasteiger partial charge in [-0.1, -0.05) is 11.6 Å². The molecule has 62 valence electrons. The first-order valence-corrected chi connectivity index (χ1v) is 4.44. The molecular weight excluding hydrogens is 241 g/mol. The van der Waals surface area contributed by atoms with Crippen molar-refractivity contribution in [3.8, 4) is 0 Å². The minimum absolute atomic E-state index is 0.468. The average molecular weight is 246 g/mol. The number of anilines is 1. The Hall–Kier alpha value is -0.740. The quantitative estimate of drug-likeness (QED) is 0.775. The SMILES string of the molecule is Nc1cc2c(Cl)cc(Br)cn2n1. The number of nitrogens with two attached hydrogens (primary N) is 1. The van der Waals surface area contributed by atoms with Crippen molar-refractivity contribution in [1.82, 2.24) is 9.61 Å². The molecule has 0 saturated heterocycles. The van der Waals surface area contributed by atoms with Gasteiger partial charge in [-0.15, -0.1) is 0 Å². The molecule has 5 heteroatoms. The van der Waals surface area contributed by atoms with Crippen LogP contribution in [-0.2, 0) is 0 Å². The van der Waals surface area contributed by atoms with Gasteiger partial charge in [-0.3, -0.25) is 0 Å². The number of halogens is 2. The van der Waals surface area contributed by atoms with Crippen LogP contribution in [0.2, 0.25) is 5.02 Å². The zero-order chi connectivity index (χ0) is 8.72. The Morgan fingerprint density at radius 3 is 3.00 bits per heavy atom. The molecule has 0 bridgehead atoms. The first-order chi connectivity index (χ1) is 5.66. The van der Waals surface area contributed by atoms with E-state index in [4.69, 9.17) is 17.3 Å². The second kappa shape index (κ2) is 2.64. The van der Waals surface area contributed by atoms with Gasteiger partial charge < -0.3 is 5.73 Å². The summed E-state index contributed by atoms with van der Waals surface area (Å²) in [7, 11) is 0. The van der Waals surface area contributed by atoms with Gasteiger partial charge in [0.25, 0.3) is 0 Å². The average Bonchev–Trinajstić information content (AvgIpc) is 2.29. The summed E-state index contributed by atoms with van der Waals surface area (Å²) in [6.45, 7) is 0. The van der Waals surface area contributed by atoms with E-state index in [1.165, 1.54) is 0 Å². The van der Waals surface area contributed by atoms with E-state index in [1.54, 1.807) is 22.8 Å². The lowest BCUT2D eigenvalue weighted by molar-refractivity contribution is 0.963. The van der Waals surface area contributed by atoms with Gasteiger partial charge in [0.15, 0.2) is 0 Å². The van der Waals surface area contributed by atoms with Crippen LogP contribution in [0, 0.1) is 0 Å². The van der Waals surface area contributed by atoms with E-state index in [0.29, 0.717) is 10.8 Å². The summed E-state index contributed by atoms with van der Waals surface area (Å²) in [6.07, 6.45) is 1.80. The number of hydrogen-bond donors (Lipinski definition) is 1. The third-order valence-electron chi connectivity index (χ3n) is 1.51. The van der Waals surface area contributed by atoms with Crippen molar-refractivity contribution in [2.75, 3.05) is 5.73 Å². The minimum Gasteiger partial charge on any atom is -0.382 e. The van der Waals surface area contributed by atoms with Crippen LogP contribution in [0.1, 0.15) is 0 Å². The predicted octanol–water partition coefficient (Wildman–Crippen LogP) is 2.33. The lowest BCUT2D eigenvalue weighted by Crippen LogP contribution is -1.88. The molecule has 0 unspecified atom stereocenters. The molecule has 12 heavy (non-hydrogen) atoms. The Bertz CT molecular complexity index is 437. The Morgan fingerprint density at radius 2 is 2.25 bits per heavy atom. The van der Waals surface area contributed by atoms with Crippen LogP contribution in [0.25, 0.3) is 5.52 Å². The highest BCUT2D eigenvalue weighted by Gasteiger charge is 2.03. The van der Waals surface area contributed by atoms with Crippen molar-refractivity contribution >= 4 is 38.9 Å². The molecule has 2 heterocycles. The lowest BCUT2D eigenvalue weighted by atomic mass is 10.4. The minimum atomic E-state index is 0.468. The van der Waals surface area contributed by atoms with Crippen molar-refractivity contribution in [3.05, 3.63) is 27.8 Å². The summed E-state index contributed by atoms with van der Waals surface area (Å²) in [6, 6.07) is 3.53. The summed E-state index contributed by atoms with van der Waals surface area (Å²) in [5, 5.41) is 4.65. The molecule has 0 saturated carbocycles. The van der Waals surface area contributed by atoms with E-state index >= 15 is 0 Å². The molecule has 0 aliphatic carbocycles. The first-order valence-electron chi connectivity index (χ1n) is 3.27. The number of hydrogen-bond acceptors (Lipinski definition) is 2. The van der Waals surface area contributed by atoms with Gasteiger partial charge in [-0.05, 0) is 22.0 Å². The number of rotatable bonds is 0. The van der Waals surface area contributed by atoms with Gasteiger partial charge >= 0.3 is 0 Å². The number of pyridine rings is 1. The molecule has 0 amide bonds. The molecular formula is C7H5BrClN3. The summed E-state index contributed by atoms with van der Waals surface area (Å²) in [5.74, 6) is 0.468. The van der Waals surface area contributed by atoms with Crippen LogP contribution >= 0.6 is 27.5 Å². The molecule has 2 aromatic rings. The van der Waals surface area contributed by atoms with Crippen LogP contribution in [-0.4, -0.2) is 9.61 Å². The van der Waals surface area contributed by atoms with Crippen LogP contribution in [0.5, 0.6) is 0 Å². The van der Waals surface area contributed by atoms with Crippen LogP contribution in [0.4, 0.5) is 5.82 Å². The van der Waals surface area contributed by atoms with Crippen LogP contribution < -0.4 is 5.73 Å². The number of nitrogens with zero attached hydrogens (tertiary/aromatic N) is 2. The largest absolute Gasteiger partial charge is 0.382 e. The number of fused-ring (bicyclic) bond motifs is 1. The zero-order valence-electron chi connectivity index (χ0n) is 5.96. The van der Waals surface area contributed by atoms with E-state index in [-0.39, 0.29) is 0 Å². The monoisotopic (exact) mass is 245 g/mol. The van der Waals surface area contributed by atoms with E-state index in [9.17, 15) is 0 Å². The molecule has 0 aliphatic rings. The summed E-state index contributed by atoms with van der Waals surface area (Å²) in [4.78, 5) is 0. The molecule has 2 aromatic heterocycles. The molecule has 0 radical (unpaired) electrons. The van der Waals surface area contributed by atoms with Crippen LogP contribution in [0.3, 0.4) is 0 Å². The maximum Gasteiger partial charge on any atom is 0.146 e. The molecule has 0 aromatic carbocycles.